The third kappa shape index (κ3) is 2.85. The quantitative estimate of drug-likeness (QED) is 0.802. The second-order valence-electron chi connectivity index (χ2n) is 7.33. The molecule has 140 valence electrons. The number of sulfonamides is 1. The molecule has 4 rings (SSSR count). The van der Waals surface area contributed by atoms with Crippen LogP contribution in [0.3, 0.4) is 0 Å². The van der Waals surface area contributed by atoms with Gasteiger partial charge in [0.25, 0.3) is 0 Å². The Balaban J connectivity index is 1.75. The van der Waals surface area contributed by atoms with E-state index in [1.54, 1.807) is 34.0 Å². The van der Waals surface area contributed by atoms with Crippen molar-refractivity contribution in [2.75, 3.05) is 25.0 Å². The first kappa shape index (κ1) is 17.9. The van der Waals surface area contributed by atoms with E-state index in [-0.39, 0.29) is 18.1 Å². The molecule has 0 bridgehead atoms. The van der Waals surface area contributed by atoms with Gasteiger partial charge in [-0.1, -0.05) is 0 Å². The van der Waals surface area contributed by atoms with E-state index in [0.29, 0.717) is 10.7 Å². The topological polar surface area (TPSA) is 56.8 Å². The highest BCUT2D eigenvalue weighted by atomic mass is 32.2. The van der Waals surface area contributed by atoms with Crippen molar-refractivity contribution in [1.29, 1.82) is 0 Å². The largest absolute Gasteiger partial charge is 0.353 e. The lowest BCUT2D eigenvalue weighted by atomic mass is 10.1. The SMILES string of the molecule is CC(C)N1C2CN(Cc3ccsc3)CC2N(C)c2ncccc2S1(=O)=O. The molecule has 8 heteroatoms. The maximum atomic E-state index is 13.4. The van der Waals surface area contributed by atoms with Gasteiger partial charge in [-0.3, -0.25) is 4.90 Å². The first-order chi connectivity index (χ1) is 12.4. The summed E-state index contributed by atoms with van der Waals surface area (Å²) in [5, 5.41) is 4.24. The Morgan fingerprint density at radius 1 is 1.27 bits per heavy atom. The molecule has 2 aliphatic rings. The van der Waals surface area contributed by atoms with Gasteiger partial charge in [-0.05, 0) is 48.4 Å². The van der Waals surface area contributed by atoms with Crippen LogP contribution < -0.4 is 4.90 Å². The van der Waals surface area contributed by atoms with E-state index in [2.05, 4.69) is 31.6 Å². The van der Waals surface area contributed by atoms with E-state index in [1.807, 2.05) is 20.9 Å². The molecule has 26 heavy (non-hydrogen) atoms. The van der Waals surface area contributed by atoms with Crippen LogP contribution >= 0.6 is 11.3 Å². The predicted molar refractivity (Wildman–Crippen MR) is 104 cm³/mol. The van der Waals surface area contributed by atoms with Crippen molar-refractivity contribution in [3.63, 3.8) is 0 Å². The fraction of sp³-hybridized carbons (Fsp3) is 0.500. The minimum absolute atomic E-state index is 0.0851. The van der Waals surface area contributed by atoms with Gasteiger partial charge in [0.15, 0.2) is 0 Å². The highest BCUT2D eigenvalue weighted by molar-refractivity contribution is 7.89. The van der Waals surface area contributed by atoms with E-state index in [0.717, 1.165) is 19.6 Å². The minimum atomic E-state index is -3.59. The van der Waals surface area contributed by atoms with Crippen LogP contribution in [0.1, 0.15) is 19.4 Å². The molecule has 1 fully saturated rings. The number of fused-ring (bicyclic) bond motifs is 2. The number of hydrogen-bond acceptors (Lipinski definition) is 6. The maximum absolute atomic E-state index is 13.4. The maximum Gasteiger partial charge on any atom is 0.247 e. The Morgan fingerprint density at radius 3 is 2.73 bits per heavy atom. The summed E-state index contributed by atoms with van der Waals surface area (Å²) in [5.41, 5.74) is 1.28. The van der Waals surface area contributed by atoms with Crippen molar-refractivity contribution in [2.45, 2.75) is 43.4 Å². The Hall–Kier alpha value is -1.48. The second-order valence-corrected chi connectivity index (χ2v) is 9.92. The van der Waals surface area contributed by atoms with Crippen LogP contribution in [0.2, 0.25) is 0 Å². The van der Waals surface area contributed by atoms with Gasteiger partial charge in [0.1, 0.15) is 10.7 Å². The number of pyridine rings is 1. The van der Waals surface area contributed by atoms with Crippen molar-refractivity contribution in [3.8, 4) is 0 Å². The summed E-state index contributed by atoms with van der Waals surface area (Å²) in [7, 11) is -1.62. The molecule has 0 aromatic carbocycles. The van der Waals surface area contributed by atoms with Crippen molar-refractivity contribution in [2.24, 2.45) is 0 Å². The highest BCUT2D eigenvalue weighted by Crippen LogP contribution is 2.37. The summed E-state index contributed by atoms with van der Waals surface area (Å²) in [6.07, 6.45) is 1.67. The molecule has 2 aliphatic heterocycles. The zero-order chi connectivity index (χ0) is 18.5. The third-order valence-electron chi connectivity index (χ3n) is 5.29. The molecular formula is C18H24N4O2S2. The highest BCUT2D eigenvalue weighted by Gasteiger charge is 2.49. The summed E-state index contributed by atoms with van der Waals surface area (Å²) in [6.45, 7) is 6.32. The Labute approximate surface area is 159 Å². The van der Waals surface area contributed by atoms with Crippen molar-refractivity contribution in [3.05, 3.63) is 40.7 Å². The summed E-state index contributed by atoms with van der Waals surface area (Å²) < 4.78 is 28.5. The molecule has 0 N–H and O–H groups in total. The van der Waals surface area contributed by atoms with Gasteiger partial charge < -0.3 is 4.90 Å². The van der Waals surface area contributed by atoms with E-state index >= 15 is 0 Å². The second kappa shape index (κ2) is 6.60. The normalized spacial score (nSPS) is 25.9. The first-order valence-corrected chi connectivity index (χ1v) is 11.2. The van der Waals surface area contributed by atoms with Crippen molar-refractivity contribution < 1.29 is 8.42 Å². The lowest BCUT2D eigenvalue weighted by Crippen LogP contribution is -2.52. The molecule has 2 atom stereocenters. The number of aromatic nitrogens is 1. The predicted octanol–water partition coefficient (Wildman–Crippen LogP) is 2.25. The van der Waals surface area contributed by atoms with Gasteiger partial charge in [0, 0.05) is 38.9 Å². The van der Waals surface area contributed by atoms with Crippen LogP contribution in [0, 0.1) is 0 Å². The Kier molecular flexibility index (Phi) is 4.54. The summed E-state index contributed by atoms with van der Waals surface area (Å²) >= 11 is 1.69. The van der Waals surface area contributed by atoms with Crippen LogP contribution in [0.5, 0.6) is 0 Å². The number of nitrogens with zero attached hydrogens (tertiary/aromatic N) is 4. The Bertz CT molecular complexity index is 882. The van der Waals surface area contributed by atoms with Gasteiger partial charge in [-0.25, -0.2) is 13.4 Å². The molecule has 0 saturated carbocycles. The van der Waals surface area contributed by atoms with Crippen molar-refractivity contribution >= 4 is 27.2 Å². The third-order valence-corrected chi connectivity index (χ3v) is 8.15. The molecule has 2 aromatic heterocycles. The number of rotatable bonds is 3. The van der Waals surface area contributed by atoms with Gasteiger partial charge in [0.2, 0.25) is 10.0 Å². The first-order valence-electron chi connectivity index (χ1n) is 8.84. The van der Waals surface area contributed by atoms with Crippen LogP contribution in [0.25, 0.3) is 0 Å². The molecule has 0 amide bonds. The van der Waals surface area contributed by atoms with E-state index in [1.165, 1.54) is 5.56 Å². The minimum Gasteiger partial charge on any atom is -0.353 e. The van der Waals surface area contributed by atoms with Gasteiger partial charge in [0.05, 0.1) is 12.1 Å². The molecule has 2 aromatic rings. The number of hydrogen-bond donors (Lipinski definition) is 0. The molecule has 6 nitrogen and oxygen atoms in total. The number of anilines is 1. The molecule has 4 heterocycles. The van der Waals surface area contributed by atoms with E-state index < -0.39 is 10.0 Å². The zero-order valence-corrected chi connectivity index (χ0v) is 16.9. The summed E-state index contributed by atoms with van der Waals surface area (Å²) in [4.78, 5) is 9.15. The van der Waals surface area contributed by atoms with Crippen molar-refractivity contribution in [1.82, 2.24) is 14.2 Å². The number of thiophene rings is 1. The Morgan fingerprint density at radius 2 is 2.04 bits per heavy atom. The molecule has 1 saturated heterocycles. The number of likely N-dealkylation sites (tertiary alicyclic amines) is 1. The lowest BCUT2D eigenvalue weighted by Gasteiger charge is -2.34. The monoisotopic (exact) mass is 392 g/mol. The molecular weight excluding hydrogens is 368 g/mol. The van der Waals surface area contributed by atoms with E-state index in [4.69, 9.17) is 0 Å². The van der Waals surface area contributed by atoms with Gasteiger partial charge >= 0.3 is 0 Å². The van der Waals surface area contributed by atoms with Gasteiger partial charge in [-0.15, -0.1) is 0 Å². The smallest absolute Gasteiger partial charge is 0.247 e. The standard InChI is InChI=1S/C18H24N4O2S2/c1-13(2)22-16-11-21(9-14-6-8-25-12-14)10-15(16)20(3)18-17(26(22,23)24)5-4-7-19-18/h4-8,12-13,15-16H,9-11H2,1-3H3. The molecule has 2 unspecified atom stereocenters. The van der Waals surface area contributed by atoms with Crippen LogP contribution in [-0.4, -0.2) is 60.9 Å². The van der Waals surface area contributed by atoms with Gasteiger partial charge in [-0.2, -0.15) is 15.6 Å². The zero-order valence-electron chi connectivity index (χ0n) is 15.2. The summed E-state index contributed by atoms with van der Waals surface area (Å²) in [5.74, 6) is 0.558. The van der Waals surface area contributed by atoms with Crippen LogP contribution in [-0.2, 0) is 16.6 Å². The average molecular weight is 393 g/mol. The summed E-state index contributed by atoms with van der Waals surface area (Å²) in [6, 6.07) is 5.41. The molecule has 0 spiro atoms. The fourth-order valence-electron chi connectivity index (χ4n) is 4.21. The molecule has 0 aliphatic carbocycles. The fourth-order valence-corrected chi connectivity index (χ4v) is 6.89. The molecule has 0 radical (unpaired) electrons. The number of likely N-dealkylation sites (N-methyl/N-ethyl adjacent to an activating group) is 1. The van der Waals surface area contributed by atoms with Crippen LogP contribution in [0.4, 0.5) is 5.82 Å². The van der Waals surface area contributed by atoms with Crippen LogP contribution in [0.15, 0.2) is 40.1 Å². The average Bonchev–Trinajstić information content (AvgIpc) is 3.23. The van der Waals surface area contributed by atoms with E-state index in [9.17, 15) is 8.42 Å². The lowest BCUT2D eigenvalue weighted by molar-refractivity contribution is 0.249.